The highest BCUT2D eigenvalue weighted by atomic mass is 32.1. The van der Waals surface area contributed by atoms with Gasteiger partial charge in [-0.3, -0.25) is 0 Å². The van der Waals surface area contributed by atoms with E-state index in [2.05, 4.69) is 22.9 Å². The Morgan fingerprint density at radius 3 is 2.52 bits per heavy atom. The molecule has 0 aliphatic carbocycles. The minimum Gasteiger partial charge on any atom is -0.477 e. The lowest BCUT2D eigenvalue weighted by Gasteiger charge is -2.00. The smallest absolute Gasteiger partial charge is 0.347 e. The van der Waals surface area contributed by atoms with E-state index in [-0.39, 0.29) is 4.88 Å². The second kappa shape index (κ2) is 7.00. The van der Waals surface area contributed by atoms with Crippen LogP contribution in [0.1, 0.15) is 32.1 Å². The fourth-order valence-corrected chi connectivity index (χ4v) is 3.16. The summed E-state index contributed by atoms with van der Waals surface area (Å²) in [5, 5.41) is 19.1. The second-order valence-corrected chi connectivity index (χ2v) is 6.23. The maximum atomic E-state index is 11.2. The maximum absolute atomic E-state index is 11.2. The molecule has 4 nitrogen and oxygen atoms in total. The van der Waals surface area contributed by atoms with Gasteiger partial charge in [0.05, 0.1) is 11.3 Å². The number of nitriles is 1. The van der Waals surface area contributed by atoms with E-state index >= 15 is 0 Å². The number of carboxylic acids is 1. The Bertz CT molecular complexity index is 1050. The Balaban J connectivity index is 1.98. The number of carboxylic acid groups (broad SMARTS) is 1. The highest BCUT2D eigenvalue weighted by Crippen LogP contribution is 2.29. The van der Waals surface area contributed by atoms with E-state index in [1.54, 1.807) is 25.1 Å². The highest BCUT2D eigenvalue weighted by molar-refractivity contribution is 7.17. The number of benzene rings is 2. The zero-order valence-corrected chi connectivity index (χ0v) is 14.1. The third kappa shape index (κ3) is 3.58. The molecular weight excluding hydrogens is 332 g/mol. The molecule has 3 rings (SSSR count). The van der Waals surface area contributed by atoms with Gasteiger partial charge >= 0.3 is 5.97 Å². The summed E-state index contributed by atoms with van der Waals surface area (Å²) in [6.07, 6.45) is 0. The van der Waals surface area contributed by atoms with Crippen LogP contribution in [0.15, 0.2) is 48.5 Å². The van der Waals surface area contributed by atoms with Crippen LogP contribution in [0.5, 0.6) is 0 Å². The second-order valence-electron chi connectivity index (χ2n) is 5.23. The molecule has 5 heteroatoms. The lowest BCUT2D eigenvalue weighted by molar-refractivity contribution is 0.0701. The number of aromatic nitrogens is 1. The molecule has 0 bridgehead atoms. The van der Waals surface area contributed by atoms with Crippen molar-refractivity contribution in [1.29, 1.82) is 5.26 Å². The summed E-state index contributed by atoms with van der Waals surface area (Å²) < 4.78 is 0. The minimum atomic E-state index is -0.993. The van der Waals surface area contributed by atoms with Crippen molar-refractivity contribution in [1.82, 2.24) is 4.98 Å². The van der Waals surface area contributed by atoms with Crippen LogP contribution in [0.2, 0.25) is 0 Å². The number of aromatic carboxylic acids is 1. The first-order valence-electron chi connectivity index (χ1n) is 7.41. The van der Waals surface area contributed by atoms with E-state index in [0.717, 1.165) is 16.9 Å². The maximum Gasteiger partial charge on any atom is 0.347 e. The van der Waals surface area contributed by atoms with Gasteiger partial charge in [0.15, 0.2) is 0 Å². The molecule has 0 aliphatic rings. The summed E-state index contributed by atoms with van der Waals surface area (Å²) in [4.78, 5) is 15.7. The standard InChI is InChI=1S/C20H12N2O2S/c1-13-18(20(23)24)25-19(22-13)16-10-9-15(17(11-16)12-21)8-7-14-5-3-2-4-6-14/h2-6,9-11H,1H3,(H,23,24). The Morgan fingerprint density at radius 2 is 1.88 bits per heavy atom. The minimum absolute atomic E-state index is 0.210. The molecule has 0 amide bonds. The topological polar surface area (TPSA) is 74.0 Å². The number of thiazole rings is 1. The Morgan fingerprint density at radius 1 is 1.12 bits per heavy atom. The molecule has 0 spiro atoms. The fourth-order valence-electron chi connectivity index (χ4n) is 2.26. The molecule has 0 atom stereocenters. The van der Waals surface area contributed by atoms with Crippen LogP contribution in [0.4, 0.5) is 0 Å². The van der Waals surface area contributed by atoms with Crippen LogP contribution in [0.3, 0.4) is 0 Å². The summed E-state index contributed by atoms with van der Waals surface area (Å²) in [5.74, 6) is 5.05. The summed E-state index contributed by atoms with van der Waals surface area (Å²) in [7, 11) is 0. The van der Waals surface area contributed by atoms with Crippen molar-refractivity contribution in [3.8, 4) is 28.5 Å². The van der Waals surface area contributed by atoms with Crippen LogP contribution in [-0.2, 0) is 0 Å². The first-order valence-corrected chi connectivity index (χ1v) is 8.22. The largest absolute Gasteiger partial charge is 0.477 e. The lowest BCUT2D eigenvalue weighted by Crippen LogP contribution is -1.94. The summed E-state index contributed by atoms with van der Waals surface area (Å²) in [6.45, 7) is 1.66. The van der Waals surface area contributed by atoms with Crippen molar-refractivity contribution in [3.05, 3.63) is 75.8 Å². The first-order chi connectivity index (χ1) is 12.1. The molecule has 2 aromatic carbocycles. The van der Waals surface area contributed by atoms with Gasteiger partial charge in [0.25, 0.3) is 0 Å². The molecule has 0 saturated carbocycles. The Labute approximate surface area is 149 Å². The number of hydrogen-bond donors (Lipinski definition) is 1. The summed E-state index contributed by atoms with van der Waals surface area (Å²) in [6, 6.07) is 16.9. The lowest BCUT2D eigenvalue weighted by atomic mass is 10.0. The molecule has 0 radical (unpaired) electrons. The van der Waals surface area contributed by atoms with Crippen LogP contribution in [0.25, 0.3) is 10.6 Å². The Hall–Kier alpha value is -3.41. The van der Waals surface area contributed by atoms with Gasteiger partial charge in [-0.1, -0.05) is 36.1 Å². The third-order valence-electron chi connectivity index (χ3n) is 3.49. The molecule has 1 N–H and O–H groups in total. The molecule has 25 heavy (non-hydrogen) atoms. The van der Waals surface area contributed by atoms with Gasteiger partial charge in [-0.25, -0.2) is 9.78 Å². The van der Waals surface area contributed by atoms with Crippen LogP contribution < -0.4 is 0 Å². The van der Waals surface area contributed by atoms with Crippen molar-refractivity contribution in [3.63, 3.8) is 0 Å². The van der Waals surface area contributed by atoms with Crippen molar-refractivity contribution in [2.24, 2.45) is 0 Å². The van der Waals surface area contributed by atoms with Gasteiger partial charge in [0, 0.05) is 16.7 Å². The van der Waals surface area contributed by atoms with Crippen LogP contribution >= 0.6 is 11.3 Å². The molecule has 1 aromatic heterocycles. The van der Waals surface area contributed by atoms with Gasteiger partial charge < -0.3 is 5.11 Å². The molecular formula is C20H12N2O2S. The number of nitrogens with zero attached hydrogens (tertiary/aromatic N) is 2. The fraction of sp³-hybridized carbons (Fsp3) is 0.0500. The highest BCUT2D eigenvalue weighted by Gasteiger charge is 2.15. The average molecular weight is 344 g/mol. The third-order valence-corrected chi connectivity index (χ3v) is 4.69. The molecule has 120 valence electrons. The van der Waals surface area contributed by atoms with E-state index in [1.807, 2.05) is 30.3 Å². The molecule has 0 saturated heterocycles. The van der Waals surface area contributed by atoms with Gasteiger partial charge in [-0.15, -0.1) is 11.3 Å². The summed E-state index contributed by atoms with van der Waals surface area (Å²) >= 11 is 1.10. The van der Waals surface area contributed by atoms with E-state index in [4.69, 9.17) is 5.11 Å². The van der Waals surface area contributed by atoms with E-state index in [9.17, 15) is 10.1 Å². The quantitative estimate of drug-likeness (QED) is 0.711. The SMILES string of the molecule is Cc1nc(-c2ccc(C#Cc3ccccc3)c(C#N)c2)sc1C(=O)O. The first kappa shape index (κ1) is 16.4. The van der Waals surface area contributed by atoms with Gasteiger partial charge in [-0.2, -0.15) is 5.26 Å². The normalized spacial score (nSPS) is 9.76. The van der Waals surface area contributed by atoms with Gasteiger partial charge in [0.2, 0.25) is 0 Å². The van der Waals surface area contributed by atoms with Crippen molar-refractivity contribution in [2.45, 2.75) is 6.92 Å². The number of rotatable bonds is 2. The zero-order chi connectivity index (χ0) is 17.8. The number of carbonyl (C=O) groups is 1. The van der Waals surface area contributed by atoms with Crippen molar-refractivity contribution in [2.75, 3.05) is 0 Å². The monoisotopic (exact) mass is 344 g/mol. The van der Waals surface area contributed by atoms with Crippen LogP contribution in [0, 0.1) is 30.1 Å². The summed E-state index contributed by atoms with van der Waals surface area (Å²) in [5.41, 5.74) is 3.12. The van der Waals surface area contributed by atoms with E-state index in [1.165, 1.54) is 0 Å². The van der Waals surface area contributed by atoms with E-state index < -0.39 is 5.97 Å². The van der Waals surface area contributed by atoms with Gasteiger partial charge in [0.1, 0.15) is 16.0 Å². The number of aryl methyl sites for hydroxylation is 1. The predicted molar refractivity (Wildman–Crippen MR) is 96.4 cm³/mol. The molecule has 0 unspecified atom stereocenters. The molecule has 1 heterocycles. The van der Waals surface area contributed by atoms with Crippen molar-refractivity contribution >= 4 is 17.3 Å². The van der Waals surface area contributed by atoms with E-state index in [0.29, 0.717) is 27.4 Å². The Kier molecular flexibility index (Phi) is 4.61. The predicted octanol–water partition coefficient (Wildman–Crippen LogP) is 4.09. The van der Waals surface area contributed by atoms with Gasteiger partial charge in [-0.05, 0) is 31.2 Å². The zero-order valence-electron chi connectivity index (χ0n) is 13.3. The van der Waals surface area contributed by atoms with Crippen LogP contribution in [-0.4, -0.2) is 16.1 Å². The molecule has 0 aliphatic heterocycles. The van der Waals surface area contributed by atoms with Crippen molar-refractivity contribution < 1.29 is 9.90 Å². The molecule has 3 aromatic rings. The molecule has 0 fully saturated rings. The average Bonchev–Trinajstić information content (AvgIpc) is 3.02. The number of hydrogen-bond acceptors (Lipinski definition) is 4.